The van der Waals surface area contributed by atoms with E-state index in [1.807, 2.05) is 62.0 Å². The van der Waals surface area contributed by atoms with Crippen molar-refractivity contribution in [3.63, 3.8) is 0 Å². The van der Waals surface area contributed by atoms with Crippen molar-refractivity contribution in [3.05, 3.63) is 82.6 Å². The first-order valence-electron chi connectivity index (χ1n) is 13.1. The van der Waals surface area contributed by atoms with Crippen LogP contribution in [0.25, 0.3) is 22.4 Å². The Bertz CT molecular complexity index is 1600. The Morgan fingerprint density at radius 3 is 2.79 bits per heavy atom. The molecule has 0 fully saturated rings. The second kappa shape index (κ2) is 9.84. The SMILES string of the molecule is COC(=O)C[C@@H]1COc2cc(O[C@@H]3CCc4c(-c5cccnc5-c5c(C)nn(C)c5C)ccc(F)c43)ccc21. The van der Waals surface area contributed by atoms with Gasteiger partial charge in [-0.25, -0.2) is 4.39 Å². The number of ether oxygens (including phenoxy) is 3. The monoisotopic (exact) mass is 527 g/mol. The van der Waals surface area contributed by atoms with Crippen LogP contribution in [0.2, 0.25) is 0 Å². The lowest BCUT2D eigenvalue weighted by Crippen LogP contribution is -2.09. The van der Waals surface area contributed by atoms with Crippen LogP contribution < -0.4 is 9.47 Å². The highest BCUT2D eigenvalue weighted by Crippen LogP contribution is 2.45. The van der Waals surface area contributed by atoms with Gasteiger partial charge in [0.25, 0.3) is 0 Å². The van der Waals surface area contributed by atoms with E-state index in [1.165, 1.54) is 13.2 Å². The van der Waals surface area contributed by atoms with Crippen molar-refractivity contribution in [2.75, 3.05) is 13.7 Å². The summed E-state index contributed by atoms with van der Waals surface area (Å²) >= 11 is 0. The molecule has 6 rings (SSSR count). The van der Waals surface area contributed by atoms with E-state index in [0.29, 0.717) is 36.5 Å². The third-order valence-electron chi connectivity index (χ3n) is 7.91. The number of pyridine rings is 1. The average molecular weight is 528 g/mol. The molecule has 2 aromatic heterocycles. The molecule has 4 aromatic rings. The van der Waals surface area contributed by atoms with Crippen molar-refractivity contribution in [3.8, 4) is 33.9 Å². The number of rotatable bonds is 6. The minimum atomic E-state index is -0.424. The Kier molecular flexibility index (Phi) is 6.33. The molecule has 0 amide bonds. The van der Waals surface area contributed by atoms with Crippen LogP contribution in [0.4, 0.5) is 4.39 Å². The van der Waals surface area contributed by atoms with Crippen molar-refractivity contribution in [2.24, 2.45) is 7.05 Å². The van der Waals surface area contributed by atoms with Crippen LogP contribution in [-0.2, 0) is 23.0 Å². The van der Waals surface area contributed by atoms with Gasteiger partial charge in [0.05, 0.1) is 31.5 Å². The third-order valence-corrected chi connectivity index (χ3v) is 7.91. The molecule has 1 aliphatic heterocycles. The number of hydrogen-bond acceptors (Lipinski definition) is 6. The standard InChI is InChI=1S/C31H30FN3O4/c1-17-29(18(2)35(3)34-17)31-24(6-5-13-33-31)22-9-11-25(32)30-23(22)10-12-26(30)39-20-7-8-21-19(14-28(36)37-4)16-38-27(21)15-20/h5-9,11,13,15,19,26H,10,12,14,16H2,1-4H3/t19-,26-/m1/s1. The van der Waals surface area contributed by atoms with Gasteiger partial charge < -0.3 is 14.2 Å². The number of esters is 1. The summed E-state index contributed by atoms with van der Waals surface area (Å²) in [4.78, 5) is 16.5. The molecule has 1 aliphatic carbocycles. The highest BCUT2D eigenvalue weighted by Gasteiger charge is 2.32. The molecular weight excluding hydrogens is 497 g/mol. The zero-order valence-electron chi connectivity index (χ0n) is 22.5. The number of aryl methyl sites for hydroxylation is 2. The molecule has 200 valence electrons. The van der Waals surface area contributed by atoms with Crippen molar-refractivity contribution in [1.29, 1.82) is 0 Å². The summed E-state index contributed by atoms with van der Waals surface area (Å²) in [6.45, 7) is 4.43. The second-order valence-electron chi connectivity index (χ2n) is 10.2. The zero-order valence-corrected chi connectivity index (χ0v) is 22.5. The van der Waals surface area contributed by atoms with Crippen molar-refractivity contribution >= 4 is 5.97 Å². The maximum atomic E-state index is 15.3. The van der Waals surface area contributed by atoms with Crippen molar-refractivity contribution in [1.82, 2.24) is 14.8 Å². The van der Waals surface area contributed by atoms with E-state index in [4.69, 9.17) is 19.2 Å². The summed E-state index contributed by atoms with van der Waals surface area (Å²) in [6, 6.07) is 13.0. The summed E-state index contributed by atoms with van der Waals surface area (Å²) in [5, 5.41) is 4.58. The fourth-order valence-corrected chi connectivity index (χ4v) is 5.93. The van der Waals surface area contributed by atoms with Crippen LogP contribution in [0.3, 0.4) is 0 Å². The molecule has 0 saturated carbocycles. The molecule has 2 aromatic carbocycles. The van der Waals surface area contributed by atoms with Crippen LogP contribution in [0.1, 0.15) is 52.9 Å². The third kappa shape index (κ3) is 4.33. The van der Waals surface area contributed by atoms with E-state index in [-0.39, 0.29) is 24.1 Å². The lowest BCUT2D eigenvalue weighted by Gasteiger charge is -2.18. The molecule has 2 atom stereocenters. The predicted molar refractivity (Wildman–Crippen MR) is 144 cm³/mol. The molecular formula is C31H30FN3O4. The number of aromatic nitrogens is 3. The number of carbonyl (C=O) groups is 1. The maximum Gasteiger partial charge on any atom is 0.306 e. The highest BCUT2D eigenvalue weighted by atomic mass is 19.1. The summed E-state index contributed by atoms with van der Waals surface area (Å²) in [5.41, 5.74) is 8.19. The topological polar surface area (TPSA) is 75.5 Å². The Hall–Kier alpha value is -4.20. The molecule has 2 aliphatic rings. The van der Waals surface area contributed by atoms with E-state index >= 15 is 4.39 Å². The molecule has 0 bridgehead atoms. The summed E-state index contributed by atoms with van der Waals surface area (Å²) in [6.07, 6.45) is 2.97. The first-order chi connectivity index (χ1) is 18.9. The minimum Gasteiger partial charge on any atom is -0.492 e. The lowest BCUT2D eigenvalue weighted by molar-refractivity contribution is -0.141. The molecule has 7 nitrogen and oxygen atoms in total. The molecule has 3 heterocycles. The zero-order chi connectivity index (χ0) is 27.3. The fourth-order valence-electron chi connectivity index (χ4n) is 5.93. The largest absolute Gasteiger partial charge is 0.492 e. The number of halogens is 1. The first kappa shape index (κ1) is 25.1. The van der Waals surface area contributed by atoms with Crippen LogP contribution in [0, 0.1) is 19.7 Å². The Labute approximate surface area is 226 Å². The van der Waals surface area contributed by atoms with Gasteiger partial charge in [-0.2, -0.15) is 5.10 Å². The quantitative estimate of drug-likeness (QED) is 0.286. The number of methoxy groups -OCH3 is 1. The number of benzene rings is 2. The number of nitrogens with zero attached hydrogens (tertiary/aromatic N) is 3. The van der Waals surface area contributed by atoms with Gasteiger partial charge in [0.15, 0.2) is 0 Å². The molecule has 8 heteroatoms. The Balaban J connectivity index is 1.33. The minimum absolute atomic E-state index is 0.0468. The molecule has 0 unspecified atom stereocenters. The summed E-state index contributed by atoms with van der Waals surface area (Å²) in [7, 11) is 3.31. The maximum absolute atomic E-state index is 15.3. The summed E-state index contributed by atoms with van der Waals surface area (Å²) < 4.78 is 34.2. The fraction of sp³-hybridized carbons (Fsp3) is 0.323. The number of fused-ring (bicyclic) bond motifs is 2. The van der Waals surface area contributed by atoms with Crippen molar-refractivity contribution in [2.45, 2.75) is 45.1 Å². The molecule has 0 radical (unpaired) electrons. The Morgan fingerprint density at radius 1 is 1.18 bits per heavy atom. The number of hydrogen-bond donors (Lipinski definition) is 0. The van der Waals surface area contributed by atoms with E-state index in [1.54, 1.807) is 6.20 Å². The van der Waals surface area contributed by atoms with Gasteiger partial charge in [-0.3, -0.25) is 14.5 Å². The molecule has 0 N–H and O–H groups in total. The van der Waals surface area contributed by atoms with Crippen molar-refractivity contribution < 1.29 is 23.4 Å². The van der Waals surface area contributed by atoms with Gasteiger partial charge in [-0.15, -0.1) is 0 Å². The van der Waals surface area contributed by atoms with Gasteiger partial charge >= 0.3 is 5.97 Å². The van der Waals surface area contributed by atoms with E-state index in [9.17, 15) is 4.79 Å². The van der Waals surface area contributed by atoms with Crippen LogP contribution in [-0.4, -0.2) is 34.5 Å². The number of carbonyl (C=O) groups excluding carboxylic acids is 1. The first-order valence-corrected chi connectivity index (χ1v) is 13.1. The average Bonchev–Trinajstić information content (AvgIpc) is 3.60. The second-order valence-corrected chi connectivity index (χ2v) is 10.2. The van der Waals surface area contributed by atoms with Gasteiger partial charge in [-0.05, 0) is 56.0 Å². The van der Waals surface area contributed by atoms with Crippen LogP contribution >= 0.6 is 0 Å². The highest BCUT2D eigenvalue weighted by molar-refractivity contribution is 5.85. The normalized spacial score (nSPS) is 17.5. The molecule has 39 heavy (non-hydrogen) atoms. The molecule has 0 saturated heterocycles. The summed E-state index contributed by atoms with van der Waals surface area (Å²) in [5.74, 6) is 0.714. The van der Waals surface area contributed by atoms with Crippen LogP contribution in [0.5, 0.6) is 11.5 Å². The van der Waals surface area contributed by atoms with E-state index in [2.05, 4.69) is 5.10 Å². The Morgan fingerprint density at radius 2 is 2.03 bits per heavy atom. The predicted octanol–water partition coefficient (Wildman–Crippen LogP) is 6.01. The smallest absolute Gasteiger partial charge is 0.306 e. The van der Waals surface area contributed by atoms with Gasteiger partial charge in [0.2, 0.25) is 0 Å². The van der Waals surface area contributed by atoms with Gasteiger partial charge in [0.1, 0.15) is 23.4 Å². The van der Waals surface area contributed by atoms with Gasteiger partial charge in [-0.1, -0.05) is 18.2 Å². The molecule has 0 spiro atoms. The lowest BCUT2D eigenvalue weighted by atomic mass is 9.92. The van der Waals surface area contributed by atoms with Gasteiger partial charge in [0, 0.05) is 53.2 Å². The van der Waals surface area contributed by atoms with E-state index < -0.39 is 6.10 Å². The van der Waals surface area contributed by atoms with E-state index in [0.717, 1.165) is 44.9 Å². The van der Waals surface area contributed by atoms with Crippen LogP contribution in [0.15, 0.2) is 48.7 Å².